The predicted molar refractivity (Wildman–Crippen MR) is 52.5 cm³/mol. The van der Waals surface area contributed by atoms with E-state index in [1.54, 1.807) is 0 Å². The van der Waals surface area contributed by atoms with Gasteiger partial charge in [0.2, 0.25) is 0 Å². The first-order valence-electron chi connectivity index (χ1n) is 3.90. The first-order chi connectivity index (χ1) is 5.70. The van der Waals surface area contributed by atoms with Gasteiger partial charge in [0.1, 0.15) is 5.75 Å². The Balaban J connectivity index is 2.69. The van der Waals surface area contributed by atoms with Crippen LogP contribution in [0.4, 0.5) is 5.69 Å². The average Bonchev–Trinajstić information content (AvgIpc) is 2.48. The van der Waals surface area contributed by atoms with E-state index >= 15 is 0 Å². The Morgan fingerprint density at radius 1 is 1.58 bits per heavy atom. The van der Waals surface area contributed by atoms with Gasteiger partial charge < -0.3 is 10.5 Å². The second-order valence-electron chi connectivity index (χ2n) is 3.00. The van der Waals surface area contributed by atoms with Gasteiger partial charge in [-0.3, -0.25) is 0 Å². The van der Waals surface area contributed by atoms with Crippen LogP contribution in [0.25, 0.3) is 0 Å². The molecule has 64 valence electrons. The summed E-state index contributed by atoms with van der Waals surface area (Å²) in [5.41, 5.74) is 8.92. The Morgan fingerprint density at radius 3 is 3.08 bits per heavy atom. The van der Waals surface area contributed by atoms with Gasteiger partial charge in [-0.15, -0.1) is 0 Å². The van der Waals surface area contributed by atoms with Crippen LogP contribution in [0.3, 0.4) is 0 Å². The molecule has 1 aliphatic heterocycles. The lowest BCUT2D eigenvalue weighted by molar-refractivity contribution is 0.358. The normalized spacial score (nSPS) is 14.2. The molecule has 1 heterocycles. The first kappa shape index (κ1) is 7.92. The van der Waals surface area contributed by atoms with E-state index in [0.29, 0.717) is 0 Å². The number of fused-ring (bicyclic) bond motifs is 1. The number of nitrogen functional groups attached to an aromatic ring is 1. The zero-order valence-corrected chi connectivity index (χ0v) is 8.44. The zero-order valence-electron chi connectivity index (χ0n) is 6.86. The molecule has 1 aromatic carbocycles. The first-order valence-corrected chi connectivity index (χ1v) is 4.69. The molecule has 3 heteroatoms. The van der Waals surface area contributed by atoms with Crippen molar-refractivity contribution in [2.75, 3.05) is 12.3 Å². The minimum absolute atomic E-state index is 0.752. The summed E-state index contributed by atoms with van der Waals surface area (Å²) in [6, 6.07) is 2.04. The molecule has 0 atom stereocenters. The van der Waals surface area contributed by atoms with Gasteiger partial charge in [-0.1, -0.05) is 15.9 Å². The van der Waals surface area contributed by atoms with E-state index in [4.69, 9.17) is 10.5 Å². The van der Waals surface area contributed by atoms with E-state index in [1.165, 1.54) is 5.56 Å². The Labute approximate surface area is 79.8 Å². The van der Waals surface area contributed by atoms with E-state index in [2.05, 4.69) is 15.9 Å². The van der Waals surface area contributed by atoms with Crippen LogP contribution in [0.1, 0.15) is 11.1 Å². The number of rotatable bonds is 0. The highest BCUT2D eigenvalue weighted by Crippen LogP contribution is 2.38. The maximum atomic E-state index is 5.86. The smallest absolute Gasteiger partial charge is 0.146 e. The Hall–Kier alpha value is -0.700. The Bertz CT molecular complexity index is 336. The molecule has 2 rings (SSSR count). The van der Waals surface area contributed by atoms with Crippen LogP contribution in [-0.2, 0) is 6.42 Å². The van der Waals surface area contributed by atoms with E-state index in [1.807, 2.05) is 13.0 Å². The summed E-state index contributed by atoms with van der Waals surface area (Å²) >= 11 is 3.50. The fraction of sp³-hybridized carbons (Fsp3) is 0.333. The quantitative estimate of drug-likeness (QED) is 0.691. The Kier molecular flexibility index (Phi) is 1.76. The number of ether oxygens (including phenoxy) is 1. The maximum Gasteiger partial charge on any atom is 0.146 e. The molecule has 0 fully saturated rings. The lowest BCUT2D eigenvalue weighted by atomic mass is 10.1. The molecule has 2 N–H and O–H groups in total. The number of hydrogen-bond acceptors (Lipinski definition) is 2. The summed E-state index contributed by atoms with van der Waals surface area (Å²) < 4.78 is 6.55. The van der Waals surface area contributed by atoms with Crippen molar-refractivity contribution in [2.45, 2.75) is 13.3 Å². The molecule has 0 aromatic heterocycles. The number of nitrogens with two attached hydrogens (primary N) is 1. The summed E-state index contributed by atoms with van der Waals surface area (Å²) in [5, 5.41) is 0. The van der Waals surface area contributed by atoms with Crippen molar-refractivity contribution in [1.82, 2.24) is 0 Å². The fourth-order valence-corrected chi connectivity index (χ4v) is 2.18. The zero-order chi connectivity index (χ0) is 8.72. The highest BCUT2D eigenvalue weighted by atomic mass is 79.9. The van der Waals surface area contributed by atoms with Crippen LogP contribution in [0.15, 0.2) is 10.5 Å². The van der Waals surface area contributed by atoms with E-state index in [9.17, 15) is 0 Å². The van der Waals surface area contributed by atoms with Crippen LogP contribution < -0.4 is 10.5 Å². The summed E-state index contributed by atoms with van der Waals surface area (Å²) in [6.45, 7) is 2.74. The van der Waals surface area contributed by atoms with Gasteiger partial charge in [0.15, 0.2) is 0 Å². The minimum Gasteiger partial charge on any atom is -0.491 e. The van der Waals surface area contributed by atoms with Crippen molar-refractivity contribution in [3.05, 3.63) is 21.7 Å². The van der Waals surface area contributed by atoms with Gasteiger partial charge in [-0.2, -0.15) is 0 Å². The molecule has 1 aliphatic rings. The number of hydrogen-bond donors (Lipinski definition) is 1. The number of anilines is 1. The summed E-state index contributed by atoms with van der Waals surface area (Å²) in [4.78, 5) is 0. The summed E-state index contributed by atoms with van der Waals surface area (Å²) in [6.07, 6.45) is 0.959. The van der Waals surface area contributed by atoms with Gasteiger partial charge >= 0.3 is 0 Å². The van der Waals surface area contributed by atoms with E-state index in [0.717, 1.165) is 34.5 Å². The van der Waals surface area contributed by atoms with Crippen LogP contribution in [0.2, 0.25) is 0 Å². The minimum atomic E-state index is 0.752. The SMILES string of the molecule is Cc1cc(Br)c2c(c1N)OCC2. The van der Waals surface area contributed by atoms with Crippen molar-refractivity contribution in [2.24, 2.45) is 0 Å². The molecule has 0 spiro atoms. The van der Waals surface area contributed by atoms with E-state index < -0.39 is 0 Å². The second-order valence-corrected chi connectivity index (χ2v) is 3.85. The molecule has 0 aliphatic carbocycles. The van der Waals surface area contributed by atoms with Gasteiger partial charge in [0.25, 0.3) is 0 Å². The van der Waals surface area contributed by atoms with Gasteiger partial charge in [0.05, 0.1) is 12.3 Å². The van der Waals surface area contributed by atoms with Crippen molar-refractivity contribution in [1.29, 1.82) is 0 Å². The second kappa shape index (κ2) is 2.66. The van der Waals surface area contributed by atoms with Crippen molar-refractivity contribution >= 4 is 21.6 Å². The van der Waals surface area contributed by atoms with Gasteiger partial charge in [-0.05, 0) is 18.6 Å². The molecular formula is C9H10BrNO. The molecule has 0 radical (unpaired) electrons. The third kappa shape index (κ3) is 1.00. The molecule has 0 saturated heterocycles. The third-order valence-corrected chi connectivity index (χ3v) is 2.88. The van der Waals surface area contributed by atoms with E-state index in [-0.39, 0.29) is 0 Å². The molecule has 0 bridgehead atoms. The third-order valence-electron chi connectivity index (χ3n) is 2.17. The highest BCUT2D eigenvalue weighted by molar-refractivity contribution is 9.10. The average molecular weight is 228 g/mol. The number of aryl methyl sites for hydroxylation is 1. The monoisotopic (exact) mass is 227 g/mol. The van der Waals surface area contributed by atoms with Crippen molar-refractivity contribution < 1.29 is 4.74 Å². The molecule has 1 aromatic rings. The molecule has 12 heavy (non-hydrogen) atoms. The van der Waals surface area contributed by atoms with Crippen LogP contribution in [-0.4, -0.2) is 6.61 Å². The highest BCUT2D eigenvalue weighted by Gasteiger charge is 2.19. The maximum absolute atomic E-state index is 5.86. The molecule has 0 unspecified atom stereocenters. The molecular weight excluding hydrogens is 218 g/mol. The number of halogens is 1. The largest absolute Gasteiger partial charge is 0.491 e. The summed E-state index contributed by atoms with van der Waals surface area (Å²) in [7, 11) is 0. The van der Waals surface area contributed by atoms with Crippen molar-refractivity contribution in [3.63, 3.8) is 0 Å². The topological polar surface area (TPSA) is 35.2 Å². The molecule has 0 amide bonds. The van der Waals surface area contributed by atoms with Gasteiger partial charge in [0, 0.05) is 16.5 Å². The van der Waals surface area contributed by atoms with Gasteiger partial charge in [-0.25, -0.2) is 0 Å². The van der Waals surface area contributed by atoms with Crippen LogP contribution in [0.5, 0.6) is 5.75 Å². The van der Waals surface area contributed by atoms with Crippen LogP contribution >= 0.6 is 15.9 Å². The lowest BCUT2D eigenvalue weighted by Gasteiger charge is -2.07. The summed E-state index contributed by atoms with van der Waals surface area (Å²) in [5.74, 6) is 0.877. The Morgan fingerprint density at radius 2 is 2.33 bits per heavy atom. The predicted octanol–water partition coefficient (Wildman–Crippen LogP) is 2.27. The molecule has 2 nitrogen and oxygen atoms in total. The number of benzene rings is 1. The van der Waals surface area contributed by atoms with Crippen molar-refractivity contribution in [3.8, 4) is 5.75 Å². The van der Waals surface area contributed by atoms with Crippen LogP contribution in [0, 0.1) is 6.92 Å². The lowest BCUT2D eigenvalue weighted by Crippen LogP contribution is -1.94. The fourth-order valence-electron chi connectivity index (χ4n) is 1.46. The molecule has 0 saturated carbocycles. The standard InChI is InChI=1S/C9H10BrNO/c1-5-4-7(10)6-2-3-12-9(6)8(5)11/h4H,2-3,11H2,1H3.